The van der Waals surface area contributed by atoms with Crippen LogP contribution in [0.25, 0.3) is 11.1 Å². The summed E-state index contributed by atoms with van der Waals surface area (Å²) < 4.78 is 51.8. The van der Waals surface area contributed by atoms with E-state index in [1.807, 2.05) is 6.07 Å². The van der Waals surface area contributed by atoms with Crippen LogP contribution >= 0.6 is 0 Å². The van der Waals surface area contributed by atoms with Crippen molar-refractivity contribution in [1.29, 1.82) is 0 Å². The van der Waals surface area contributed by atoms with Crippen LogP contribution in [0, 0.1) is 5.82 Å². The smallest absolute Gasteiger partial charge is 0.348 e. The number of hydrogen-bond donors (Lipinski definition) is 3. The summed E-state index contributed by atoms with van der Waals surface area (Å²) in [5.41, 5.74) is 1.99. The van der Waals surface area contributed by atoms with Gasteiger partial charge in [0.1, 0.15) is 5.82 Å². The topological polar surface area (TPSA) is 70.2 Å². The summed E-state index contributed by atoms with van der Waals surface area (Å²) in [5.74, 6) is -1.54. The second-order valence-electron chi connectivity index (χ2n) is 6.86. The van der Waals surface area contributed by atoms with Crippen molar-refractivity contribution in [2.45, 2.75) is 12.7 Å². The van der Waals surface area contributed by atoms with Gasteiger partial charge >= 0.3 is 12.2 Å². The van der Waals surface area contributed by atoms with Crippen molar-refractivity contribution in [2.75, 3.05) is 10.6 Å². The molecule has 0 aliphatic carbocycles. The fourth-order valence-electron chi connectivity index (χ4n) is 3.37. The molecule has 0 fully saturated rings. The first-order chi connectivity index (χ1) is 14.7. The Bertz CT molecular complexity index is 1170. The molecule has 1 aliphatic rings. The summed E-state index contributed by atoms with van der Waals surface area (Å²) in [6.45, 7) is 0.435. The zero-order valence-corrected chi connectivity index (χ0v) is 15.8. The minimum atomic E-state index is -4.87. The fraction of sp³-hybridized carbons (Fsp3) is 0.0909. The monoisotopic (exact) mass is 429 g/mol. The molecule has 0 saturated heterocycles. The number of rotatable bonds is 3. The van der Waals surface area contributed by atoms with E-state index in [4.69, 9.17) is 0 Å². The summed E-state index contributed by atoms with van der Waals surface area (Å²) in [4.78, 5) is 23.9. The number of fused-ring (bicyclic) bond motifs is 1. The van der Waals surface area contributed by atoms with Crippen LogP contribution in [0.3, 0.4) is 0 Å². The van der Waals surface area contributed by atoms with Crippen LogP contribution < -0.4 is 16.0 Å². The van der Waals surface area contributed by atoms with Crippen molar-refractivity contribution < 1.29 is 27.2 Å². The van der Waals surface area contributed by atoms with Crippen LogP contribution in [0.4, 0.5) is 33.7 Å². The Labute approximate surface area is 174 Å². The first-order valence-electron chi connectivity index (χ1n) is 9.17. The Morgan fingerprint density at radius 2 is 1.55 bits per heavy atom. The quantitative estimate of drug-likeness (QED) is 0.488. The molecule has 0 spiro atoms. The molecule has 0 atom stereocenters. The number of carbonyl (C=O) groups excluding carboxylic acids is 2. The molecule has 3 aromatic rings. The zero-order chi connectivity index (χ0) is 22.2. The molecule has 9 heteroatoms. The van der Waals surface area contributed by atoms with Crippen molar-refractivity contribution in [3.05, 3.63) is 83.2 Å². The Morgan fingerprint density at radius 3 is 2.26 bits per heavy atom. The van der Waals surface area contributed by atoms with E-state index in [-0.39, 0.29) is 11.6 Å². The summed E-state index contributed by atoms with van der Waals surface area (Å²) in [6.07, 6.45) is -4.87. The Hall–Kier alpha value is -3.88. The minimum Gasteiger partial charge on any atom is -0.348 e. The zero-order valence-electron chi connectivity index (χ0n) is 15.8. The number of hydrogen-bond acceptors (Lipinski definition) is 2. The van der Waals surface area contributed by atoms with Crippen molar-refractivity contribution >= 4 is 23.3 Å². The van der Waals surface area contributed by atoms with Gasteiger partial charge in [0.15, 0.2) is 0 Å². The maximum atomic E-state index is 13.4. The maximum Gasteiger partial charge on any atom is 0.419 e. The molecule has 31 heavy (non-hydrogen) atoms. The molecule has 3 aromatic carbocycles. The third kappa shape index (κ3) is 4.20. The molecule has 1 heterocycles. The highest BCUT2D eigenvalue weighted by atomic mass is 19.4. The predicted molar refractivity (Wildman–Crippen MR) is 107 cm³/mol. The van der Waals surface area contributed by atoms with Crippen LogP contribution in [0.2, 0.25) is 0 Å². The average molecular weight is 429 g/mol. The summed E-state index contributed by atoms with van der Waals surface area (Å²) in [6, 6.07) is 13.6. The second-order valence-corrected chi connectivity index (χ2v) is 6.86. The van der Waals surface area contributed by atoms with Gasteiger partial charge in [-0.25, -0.2) is 9.18 Å². The Morgan fingerprint density at radius 1 is 0.903 bits per heavy atom. The normalized spacial score (nSPS) is 12.8. The molecule has 4 rings (SSSR count). The third-order valence-corrected chi connectivity index (χ3v) is 4.83. The molecule has 3 amide bonds. The number of amides is 3. The van der Waals surface area contributed by atoms with Crippen LogP contribution in [-0.2, 0) is 12.7 Å². The molecular weight excluding hydrogens is 414 g/mol. The van der Waals surface area contributed by atoms with Gasteiger partial charge in [0.2, 0.25) is 0 Å². The van der Waals surface area contributed by atoms with Gasteiger partial charge < -0.3 is 16.0 Å². The molecule has 0 saturated carbocycles. The molecule has 5 nitrogen and oxygen atoms in total. The number of halogens is 4. The summed E-state index contributed by atoms with van der Waals surface area (Å²) in [5, 5.41) is 7.54. The van der Waals surface area contributed by atoms with Gasteiger partial charge in [0.05, 0.1) is 5.56 Å². The first-order valence-corrected chi connectivity index (χ1v) is 9.17. The Balaban J connectivity index is 1.47. The van der Waals surface area contributed by atoms with Crippen molar-refractivity contribution in [3.63, 3.8) is 0 Å². The summed E-state index contributed by atoms with van der Waals surface area (Å²) in [7, 11) is 0. The van der Waals surface area contributed by atoms with Crippen LogP contribution in [0.5, 0.6) is 0 Å². The highest BCUT2D eigenvalue weighted by molar-refractivity contribution is 6.01. The highest BCUT2D eigenvalue weighted by Gasteiger charge is 2.34. The van der Waals surface area contributed by atoms with Crippen molar-refractivity contribution in [1.82, 2.24) is 5.32 Å². The molecule has 1 aliphatic heterocycles. The molecule has 158 valence electrons. The van der Waals surface area contributed by atoms with Gasteiger partial charge in [-0.05, 0) is 53.1 Å². The first kappa shape index (κ1) is 20.4. The van der Waals surface area contributed by atoms with Crippen LogP contribution in [0.15, 0.2) is 60.7 Å². The van der Waals surface area contributed by atoms with E-state index in [1.54, 1.807) is 36.4 Å². The number of anilines is 2. The molecule has 0 radical (unpaired) electrons. The van der Waals surface area contributed by atoms with Crippen LogP contribution in [-0.4, -0.2) is 11.9 Å². The highest BCUT2D eigenvalue weighted by Crippen LogP contribution is 2.33. The molecule has 3 N–H and O–H groups in total. The van der Waals surface area contributed by atoms with E-state index in [2.05, 4.69) is 16.0 Å². The second kappa shape index (κ2) is 7.75. The number of benzene rings is 3. The van der Waals surface area contributed by atoms with Gasteiger partial charge in [-0.3, -0.25) is 4.79 Å². The number of alkyl halides is 3. The SMILES string of the molecule is O=C(Nc1ccc(-c2cccc3c2CNC3=O)cc1)Nc1ccc(F)c(C(F)(F)F)c1. The number of urea groups is 1. The van der Waals surface area contributed by atoms with Gasteiger partial charge in [0.25, 0.3) is 5.91 Å². The van der Waals surface area contributed by atoms with E-state index in [9.17, 15) is 27.2 Å². The minimum absolute atomic E-state index is 0.124. The number of nitrogens with one attached hydrogen (secondary N) is 3. The van der Waals surface area contributed by atoms with Gasteiger partial charge in [-0.2, -0.15) is 13.2 Å². The predicted octanol–water partition coefficient (Wildman–Crippen LogP) is 5.40. The molecule has 0 aromatic heterocycles. The van der Waals surface area contributed by atoms with E-state index in [0.29, 0.717) is 29.9 Å². The number of carbonyl (C=O) groups is 2. The fourth-order valence-corrected chi connectivity index (χ4v) is 3.37. The maximum absolute atomic E-state index is 13.4. The van der Waals surface area contributed by atoms with E-state index < -0.39 is 23.6 Å². The molecule has 0 unspecified atom stereocenters. The largest absolute Gasteiger partial charge is 0.419 e. The third-order valence-electron chi connectivity index (χ3n) is 4.83. The standard InChI is InChI=1S/C22H15F4N3O2/c23-19-9-8-14(10-18(19)22(24,25)26)29-21(31)28-13-6-4-12(5-7-13)15-2-1-3-16-17(15)11-27-20(16)30/h1-10H,11H2,(H,27,30)(H2,28,29,31). The molecular formula is C22H15F4N3O2. The lowest BCUT2D eigenvalue weighted by molar-refractivity contribution is -0.139. The lowest BCUT2D eigenvalue weighted by atomic mass is 9.97. The average Bonchev–Trinajstić information content (AvgIpc) is 3.10. The van der Waals surface area contributed by atoms with Crippen molar-refractivity contribution in [2.24, 2.45) is 0 Å². The van der Waals surface area contributed by atoms with Crippen molar-refractivity contribution in [3.8, 4) is 11.1 Å². The van der Waals surface area contributed by atoms with E-state index in [0.717, 1.165) is 22.8 Å². The Kier molecular flexibility index (Phi) is 5.10. The van der Waals surface area contributed by atoms with Gasteiger partial charge in [-0.1, -0.05) is 24.3 Å². The lowest BCUT2D eigenvalue weighted by Crippen LogP contribution is -2.20. The van der Waals surface area contributed by atoms with Gasteiger partial charge in [0, 0.05) is 23.5 Å². The van der Waals surface area contributed by atoms with E-state index in [1.165, 1.54) is 0 Å². The van der Waals surface area contributed by atoms with E-state index >= 15 is 0 Å². The van der Waals surface area contributed by atoms with Gasteiger partial charge in [-0.15, -0.1) is 0 Å². The van der Waals surface area contributed by atoms with Crippen LogP contribution in [0.1, 0.15) is 21.5 Å². The summed E-state index contributed by atoms with van der Waals surface area (Å²) >= 11 is 0. The lowest BCUT2D eigenvalue weighted by Gasteiger charge is -2.12. The molecule has 0 bridgehead atoms.